The molecule has 1 N–H and O–H groups in total. The van der Waals surface area contributed by atoms with E-state index < -0.39 is 0 Å². The van der Waals surface area contributed by atoms with Gasteiger partial charge in [0.05, 0.1) is 33.9 Å². The number of aryl methyl sites for hydroxylation is 4. The van der Waals surface area contributed by atoms with Crippen molar-refractivity contribution >= 4 is 11.6 Å². The summed E-state index contributed by atoms with van der Waals surface area (Å²) in [5, 5.41) is 9.73. The number of carbonyl (C=O) groups excluding carboxylic acids is 2. The zero-order valence-corrected chi connectivity index (χ0v) is 27.5. The summed E-state index contributed by atoms with van der Waals surface area (Å²) >= 11 is 0. The number of rotatable bonds is 12. The standard InChI is InChI=1S/C20H25NO4.C16H17NO4/c1-5-6-9-25-20-12-16(7-8-19(20)24-4)18(23)13-21-14(2)10-17(22)11-15(21)3;1-10-6-13(18)7-11(2)17(10)9-15(20)12-4-5-16(21-3)14(19)8-12/h7-8,10-12H,5-6,9,13H2,1-4H3;4-8,19H,9H2,1-3H3. The first-order valence-corrected chi connectivity index (χ1v) is 15.0. The predicted octanol–water partition coefficient (Wildman–Crippen LogP) is 5.60. The van der Waals surface area contributed by atoms with Crippen molar-refractivity contribution in [2.45, 2.75) is 60.5 Å². The minimum absolute atomic E-state index is 0.0437. The molecule has 0 aliphatic rings. The smallest absolute Gasteiger partial charge is 0.182 e. The van der Waals surface area contributed by atoms with Gasteiger partial charge in [-0.3, -0.25) is 19.2 Å². The van der Waals surface area contributed by atoms with Gasteiger partial charge in [-0.15, -0.1) is 0 Å². The number of aromatic hydroxyl groups is 1. The molecule has 0 unspecified atom stereocenters. The Labute approximate surface area is 268 Å². The second-order valence-electron chi connectivity index (χ2n) is 10.9. The van der Waals surface area contributed by atoms with Gasteiger partial charge in [-0.1, -0.05) is 13.3 Å². The molecule has 0 spiro atoms. The zero-order chi connectivity index (χ0) is 34.0. The van der Waals surface area contributed by atoms with Crippen LogP contribution in [0.3, 0.4) is 0 Å². The molecule has 0 radical (unpaired) electrons. The molecule has 4 aromatic rings. The number of carbonyl (C=O) groups is 2. The van der Waals surface area contributed by atoms with Gasteiger partial charge in [0.15, 0.2) is 45.4 Å². The van der Waals surface area contributed by atoms with Crippen LogP contribution < -0.4 is 25.1 Å². The number of phenols is 1. The van der Waals surface area contributed by atoms with Gasteiger partial charge in [0.2, 0.25) is 0 Å². The molecule has 46 heavy (non-hydrogen) atoms. The number of methoxy groups -OCH3 is 2. The van der Waals surface area contributed by atoms with E-state index in [1.807, 2.05) is 18.4 Å². The molecule has 2 heterocycles. The van der Waals surface area contributed by atoms with Gasteiger partial charge in [0.1, 0.15) is 0 Å². The Morgan fingerprint density at radius 1 is 0.652 bits per heavy atom. The molecule has 0 amide bonds. The number of hydrogen-bond acceptors (Lipinski definition) is 8. The highest BCUT2D eigenvalue weighted by Gasteiger charge is 2.14. The lowest BCUT2D eigenvalue weighted by molar-refractivity contribution is 0.0962. The van der Waals surface area contributed by atoms with Gasteiger partial charge in [-0.25, -0.2) is 0 Å². The minimum atomic E-state index is -0.150. The Morgan fingerprint density at radius 3 is 1.50 bits per heavy atom. The van der Waals surface area contributed by atoms with Crippen molar-refractivity contribution in [1.29, 1.82) is 0 Å². The van der Waals surface area contributed by atoms with Crippen LogP contribution >= 0.6 is 0 Å². The Kier molecular flexibility index (Phi) is 12.5. The summed E-state index contributed by atoms with van der Waals surface area (Å²) in [6.07, 6.45) is 1.98. The average molecular weight is 631 g/mol. The molecule has 244 valence electrons. The molecule has 10 heteroatoms. The molecule has 0 aliphatic heterocycles. The van der Waals surface area contributed by atoms with Crippen LogP contribution in [-0.2, 0) is 13.1 Å². The van der Waals surface area contributed by atoms with Gasteiger partial charge in [0, 0.05) is 58.2 Å². The van der Waals surface area contributed by atoms with Crippen molar-refractivity contribution in [3.05, 3.63) is 115 Å². The summed E-state index contributed by atoms with van der Waals surface area (Å²) in [5.41, 5.74) is 3.83. The fourth-order valence-electron chi connectivity index (χ4n) is 4.90. The number of Topliss-reactive ketones (excluding diaryl/α,β-unsaturated/α-hetero) is 2. The van der Waals surface area contributed by atoms with Gasteiger partial charge < -0.3 is 28.5 Å². The van der Waals surface area contributed by atoms with E-state index >= 15 is 0 Å². The first-order valence-electron chi connectivity index (χ1n) is 15.0. The maximum atomic E-state index is 12.7. The van der Waals surface area contributed by atoms with Crippen LogP contribution in [0, 0.1) is 27.7 Å². The average Bonchev–Trinajstić information content (AvgIpc) is 3.00. The SMILES string of the molecule is CCCCOc1cc(C(=O)Cn2c(C)cc(=O)cc2C)ccc1OC.COc1ccc(C(=O)Cn2c(C)cc(=O)cc2C)cc1O. The molecule has 0 fully saturated rings. The summed E-state index contributed by atoms with van der Waals surface area (Å²) in [5.74, 6) is 1.25. The van der Waals surface area contributed by atoms with Crippen molar-refractivity contribution < 1.29 is 28.9 Å². The molecular formula is C36H42N2O8. The molecule has 0 atom stereocenters. The van der Waals surface area contributed by atoms with E-state index in [9.17, 15) is 24.3 Å². The number of phenolic OH excluding ortho intramolecular Hbond substituents is 1. The Balaban J connectivity index is 0.000000254. The van der Waals surface area contributed by atoms with E-state index in [0.29, 0.717) is 35.0 Å². The van der Waals surface area contributed by atoms with E-state index in [2.05, 4.69) is 6.92 Å². The van der Waals surface area contributed by atoms with Gasteiger partial charge >= 0.3 is 0 Å². The second kappa shape index (κ2) is 16.3. The quantitative estimate of drug-likeness (QED) is 0.158. The number of aromatic nitrogens is 2. The number of ether oxygens (including phenoxy) is 3. The molecular weight excluding hydrogens is 588 g/mol. The Bertz CT molecular complexity index is 1770. The summed E-state index contributed by atoms with van der Waals surface area (Å²) in [7, 11) is 3.03. The summed E-state index contributed by atoms with van der Waals surface area (Å²) in [6.45, 7) is 10.2. The summed E-state index contributed by atoms with van der Waals surface area (Å²) < 4.78 is 19.6. The van der Waals surface area contributed by atoms with Crippen molar-refractivity contribution in [3.63, 3.8) is 0 Å². The largest absolute Gasteiger partial charge is 0.504 e. The normalized spacial score (nSPS) is 10.5. The number of nitrogens with zero attached hydrogens (tertiary/aromatic N) is 2. The van der Waals surface area contributed by atoms with Crippen LogP contribution in [0.2, 0.25) is 0 Å². The highest BCUT2D eigenvalue weighted by molar-refractivity contribution is 5.97. The summed E-state index contributed by atoms with van der Waals surface area (Å²) in [4.78, 5) is 47.9. The lowest BCUT2D eigenvalue weighted by Gasteiger charge is -2.15. The van der Waals surface area contributed by atoms with Crippen LogP contribution in [0.1, 0.15) is 63.3 Å². The predicted molar refractivity (Wildman–Crippen MR) is 177 cm³/mol. The molecule has 2 aromatic carbocycles. The highest BCUT2D eigenvalue weighted by Crippen LogP contribution is 2.29. The first kappa shape index (κ1) is 35.4. The van der Waals surface area contributed by atoms with Crippen molar-refractivity contribution in [1.82, 2.24) is 9.13 Å². The van der Waals surface area contributed by atoms with Crippen molar-refractivity contribution in [2.75, 3.05) is 20.8 Å². The van der Waals surface area contributed by atoms with Crippen LogP contribution in [0.25, 0.3) is 0 Å². The third-order valence-electron chi connectivity index (χ3n) is 7.45. The Morgan fingerprint density at radius 2 is 1.09 bits per heavy atom. The van der Waals surface area contributed by atoms with E-state index in [-0.39, 0.29) is 41.3 Å². The van der Waals surface area contributed by atoms with Gasteiger partial charge in [-0.05, 0) is 70.5 Å². The van der Waals surface area contributed by atoms with E-state index in [0.717, 1.165) is 35.6 Å². The topological polar surface area (TPSA) is 126 Å². The fraction of sp³-hybridized carbons (Fsp3) is 0.333. The monoisotopic (exact) mass is 630 g/mol. The van der Waals surface area contributed by atoms with Gasteiger partial charge in [0.25, 0.3) is 0 Å². The van der Waals surface area contributed by atoms with Crippen LogP contribution in [0.4, 0.5) is 0 Å². The van der Waals surface area contributed by atoms with Crippen LogP contribution in [-0.4, -0.2) is 46.6 Å². The van der Waals surface area contributed by atoms with Crippen LogP contribution in [0.15, 0.2) is 70.3 Å². The number of pyridine rings is 2. The third-order valence-corrected chi connectivity index (χ3v) is 7.45. The number of ketones is 2. The number of hydrogen-bond donors (Lipinski definition) is 1. The molecule has 2 aromatic heterocycles. The van der Waals surface area contributed by atoms with Crippen molar-refractivity contribution in [3.8, 4) is 23.0 Å². The molecule has 0 saturated heterocycles. The maximum Gasteiger partial charge on any atom is 0.182 e. The number of unbranched alkanes of at least 4 members (excludes halogenated alkanes) is 1. The van der Waals surface area contributed by atoms with E-state index in [1.54, 1.807) is 55.9 Å². The maximum absolute atomic E-state index is 12.7. The molecule has 10 nitrogen and oxygen atoms in total. The minimum Gasteiger partial charge on any atom is -0.504 e. The molecule has 0 bridgehead atoms. The lowest BCUT2D eigenvalue weighted by atomic mass is 10.1. The Hall–Kier alpha value is -5.12. The van der Waals surface area contributed by atoms with Crippen molar-refractivity contribution in [2.24, 2.45) is 0 Å². The number of benzene rings is 2. The molecule has 4 rings (SSSR count). The first-order chi connectivity index (χ1) is 21.9. The van der Waals surface area contributed by atoms with E-state index in [4.69, 9.17) is 14.2 Å². The molecule has 0 saturated carbocycles. The van der Waals surface area contributed by atoms with Gasteiger partial charge in [-0.2, -0.15) is 0 Å². The third kappa shape index (κ3) is 9.20. The zero-order valence-electron chi connectivity index (χ0n) is 27.5. The summed E-state index contributed by atoms with van der Waals surface area (Å²) in [6, 6.07) is 15.8. The molecule has 0 aliphatic carbocycles. The lowest BCUT2D eigenvalue weighted by Crippen LogP contribution is -2.18. The highest BCUT2D eigenvalue weighted by atomic mass is 16.5. The fourth-order valence-corrected chi connectivity index (χ4v) is 4.90. The second-order valence-corrected chi connectivity index (χ2v) is 10.9. The van der Waals surface area contributed by atoms with Crippen LogP contribution in [0.5, 0.6) is 23.0 Å². The van der Waals surface area contributed by atoms with E-state index in [1.165, 1.54) is 37.4 Å².